The smallest absolute Gasteiger partial charge is 0.247 e. The van der Waals surface area contributed by atoms with Gasteiger partial charge >= 0.3 is 0 Å². The lowest BCUT2D eigenvalue weighted by molar-refractivity contribution is -0.111. The number of anilines is 3. The minimum atomic E-state index is -0.252. The van der Waals surface area contributed by atoms with E-state index in [0.717, 1.165) is 41.8 Å². The highest BCUT2D eigenvalue weighted by Crippen LogP contribution is 2.37. The molecule has 4 rings (SSSR count). The fourth-order valence-electron chi connectivity index (χ4n) is 3.30. The zero-order chi connectivity index (χ0) is 18.1. The maximum Gasteiger partial charge on any atom is 0.247 e. The minimum absolute atomic E-state index is 0.252. The van der Waals surface area contributed by atoms with Crippen LogP contribution >= 0.6 is 11.6 Å². The second-order valence-corrected chi connectivity index (χ2v) is 6.59. The van der Waals surface area contributed by atoms with Crippen LogP contribution in [0.3, 0.4) is 0 Å². The maximum atomic E-state index is 11.5. The molecule has 2 aromatic carbocycles. The predicted molar refractivity (Wildman–Crippen MR) is 105 cm³/mol. The molecule has 1 aliphatic heterocycles. The Balaban J connectivity index is 1.80. The second-order valence-electron chi connectivity index (χ2n) is 6.15. The lowest BCUT2D eigenvalue weighted by Gasteiger charge is -2.31. The number of amides is 1. The van der Waals surface area contributed by atoms with Gasteiger partial charge in [0.15, 0.2) is 0 Å². The van der Waals surface area contributed by atoms with Crippen LogP contribution in [0.15, 0.2) is 55.4 Å². The van der Waals surface area contributed by atoms with Gasteiger partial charge in [-0.05, 0) is 54.8 Å². The summed E-state index contributed by atoms with van der Waals surface area (Å²) in [7, 11) is 0. The van der Waals surface area contributed by atoms with Gasteiger partial charge in [-0.15, -0.1) is 0 Å². The summed E-state index contributed by atoms with van der Waals surface area (Å²) in [6.07, 6.45) is 4.87. The van der Waals surface area contributed by atoms with Crippen molar-refractivity contribution in [3.63, 3.8) is 0 Å². The molecule has 0 bridgehead atoms. The minimum Gasteiger partial charge on any atom is -0.325 e. The molecule has 6 heteroatoms. The van der Waals surface area contributed by atoms with Crippen molar-refractivity contribution in [3.8, 4) is 0 Å². The first-order valence-corrected chi connectivity index (χ1v) is 8.77. The number of rotatable bonds is 3. The average molecular weight is 365 g/mol. The van der Waals surface area contributed by atoms with Crippen molar-refractivity contribution in [1.82, 2.24) is 9.97 Å². The molecule has 2 heterocycles. The Morgan fingerprint density at radius 2 is 2.12 bits per heavy atom. The lowest BCUT2D eigenvalue weighted by atomic mass is 10.0. The van der Waals surface area contributed by atoms with E-state index in [9.17, 15) is 4.79 Å². The summed E-state index contributed by atoms with van der Waals surface area (Å²) in [5.74, 6) is 0.595. The molecular formula is C20H17ClN4O. The van der Waals surface area contributed by atoms with Gasteiger partial charge in [0.1, 0.15) is 12.1 Å². The summed E-state index contributed by atoms with van der Waals surface area (Å²) in [5.41, 5.74) is 3.80. The summed E-state index contributed by atoms with van der Waals surface area (Å²) in [4.78, 5) is 22.6. The van der Waals surface area contributed by atoms with E-state index in [-0.39, 0.29) is 5.91 Å². The van der Waals surface area contributed by atoms with Crippen LogP contribution in [0.5, 0.6) is 0 Å². The monoisotopic (exact) mass is 364 g/mol. The number of nitrogens with zero attached hydrogens (tertiary/aromatic N) is 3. The lowest BCUT2D eigenvalue weighted by Crippen LogP contribution is -2.25. The first-order valence-electron chi connectivity index (χ1n) is 8.40. The molecule has 5 nitrogen and oxygen atoms in total. The Hall–Kier alpha value is -2.92. The fraction of sp³-hybridized carbons (Fsp3) is 0.150. The molecule has 0 aliphatic carbocycles. The van der Waals surface area contributed by atoms with Crippen LogP contribution in [0.25, 0.3) is 10.9 Å². The van der Waals surface area contributed by atoms with Crippen LogP contribution in [0.4, 0.5) is 17.2 Å². The van der Waals surface area contributed by atoms with Gasteiger partial charge in [-0.3, -0.25) is 4.79 Å². The van der Waals surface area contributed by atoms with Gasteiger partial charge in [0.2, 0.25) is 5.91 Å². The third-order valence-electron chi connectivity index (χ3n) is 4.49. The number of nitrogens with one attached hydrogen (secondary N) is 1. The van der Waals surface area contributed by atoms with E-state index in [2.05, 4.69) is 32.8 Å². The quantitative estimate of drug-likeness (QED) is 0.695. The van der Waals surface area contributed by atoms with Crippen molar-refractivity contribution in [1.29, 1.82) is 0 Å². The van der Waals surface area contributed by atoms with Crippen LogP contribution in [0.1, 0.15) is 12.0 Å². The number of hydrogen-bond donors (Lipinski definition) is 1. The van der Waals surface area contributed by atoms with E-state index >= 15 is 0 Å². The highest BCUT2D eigenvalue weighted by atomic mass is 35.5. The van der Waals surface area contributed by atoms with Crippen molar-refractivity contribution in [2.45, 2.75) is 12.8 Å². The fourth-order valence-corrected chi connectivity index (χ4v) is 3.46. The molecule has 0 spiro atoms. The largest absolute Gasteiger partial charge is 0.325 e. The first-order chi connectivity index (χ1) is 12.7. The summed E-state index contributed by atoms with van der Waals surface area (Å²) >= 11 is 6.22. The van der Waals surface area contributed by atoms with Crippen LogP contribution in [-0.4, -0.2) is 22.4 Å². The molecule has 1 aromatic heterocycles. The third-order valence-corrected chi connectivity index (χ3v) is 4.73. The predicted octanol–water partition coefficient (Wildman–Crippen LogP) is 4.49. The van der Waals surface area contributed by atoms with E-state index in [4.69, 9.17) is 11.6 Å². The van der Waals surface area contributed by atoms with Gasteiger partial charge in [-0.2, -0.15) is 0 Å². The first kappa shape index (κ1) is 16.5. The van der Waals surface area contributed by atoms with Crippen molar-refractivity contribution >= 4 is 45.6 Å². The Bertz CT molecular complexity index is 1020. The van der Waals surface area contributed by atoms with Gasteiger partial charge < -0.3 is 10.2 Å². The number of aryl methyl sites for hydroxylation is 1. The third kappa shape index (κ3) is 3.02. The van der Waals surface area contributed by atoms with Crippen molar-refractivity contribution in [2.24, 2.45) is 0 Å². The molecule has 130 valence electrons. The van der Waals surface area contributed by atoms with Gasteiger partial charge in [-0.25, -0.2) is 9.97 Å². The standard InChI is InChI=1S/C20H17ClN4O/c1-2-19(26)24-15-7-8-16-17(11-15)22-12-23-20(16)25-9-3-4-13-5-6-14(21)10-18(13)25/h2,5-8,10-12H,1,3-4,9H2,(H,24,26). The van der Waals surface area contributed by atoms with Crippen LogP contribution in [0, 0.1) is 0 Å². The highest BCUT2D eigenvalue weighted by Gasteiger charge is 2.21. The van der Waals surface area contributed by atoms with Crippen molar-refractivity contribution < 1.29 is 4.79 Å². The van der Waals surface area contributed by atoms with E-state index in [1.165, 1.54) is 11.6 Å². The molecule has 3 aromatic rings. The molecule has 0 fully saturated rings. The number of hydrogen-bond acceptors (Lipinski definition) is 4. The number of carbonyl (C=O) groups excluding carboxylic acids is 1. The molecule has 0 radical (unpaired) electrons. The summed E-state index contributed by atoms with van der Waals surface area (Å²) < 4.78 is 0. The summed E-state index contributed by atoms with van der Waals surface area (Å²) in [6, 6.07) is 11.6. The maximum absolute atomic E-state index is 11.5. The van der Waals surface area contributed by atoms with Crippen LogP contribution in [-0.2, 0) is 11.2 Å². The Kier molecular flexibility index (Phi) is 4.31. The van der Waals surface area contributed by atoms with Crippen molar-refractivity contribution in [2.75, 3.05) is 16.8 Å². The molecular weight excluding hydrogens is 348 g/mol. The summed E-state index contributed by atoms with van der Waals surface area (Å²) in [5, 5.41) is 4.40. The van der Waals surface area contributed by atoms with E-state index < -0.39 is 0 Å². The zero-order valence-electron chi connectivity index (χ0n) is 14.1. The normalized spacial score (nSPS) is 13.3. The van der Waals surface area contributed by atoms with E-state index in [1.54, 1.807) is 6.33 Å². The molecule has 0 saturated carbocycles. The number of carbonyl (C=O) groups is 1. The average Bonchev–Trinajstić information content (AvgIpc) is 2.66. The summed E-state index contributed by atoms with van der Waals surface area (Å²) in [6.45, 7) is 4.34. The Morgan fingerprint density at radius 3 is 2.96 bits per heavy atom. The van der Waals surface area contributed by atoms with E-state index in [1.807, 2.05) is 30.3 Å². The Morgan fingerprint density at radius 1 is 1.23 bits per heavy atom. The molecule has 0 saturated heterocycles. The topological polar surface area (TPSA) is 58.1 Å². The molecule has 26 heavy (non-hydrogen) atoms. The number of halogens is 1. The molecule has 1 N–H and O–H groups in total. The van der Waals surface area contributed by atoms with Gasteiger partial charge in [-0.1, -0.05) is 24.2 Å². The van der Waals surface area contributed by atoms with Crippen LogP contribution in [0.2, 0.25) is 5.02 Å². The molecule has 1 aliphatic rings. The van der Waals surface area contributed by atoms with Gasteiger partial charge in [0.25, 0.3) is 0 Å². The van der Waals surface area contributed by atoms with Gasteiger partial charge in [0.05, 0.1) is 5.52 Å². The van der Waals surface area contributed by atoms with Gasteiger partial charge in [0, 0.05) is 28.3 Å². The van der Waals surface area contributed by atoms with E-state index in [0.29, 0.717) is 10.7 Å². The SMILES string of the molecule is C=CC(=O)Nc1ccc2c(N3CCCc4ccc(Cl)cc43)ncnc2c1. The number of aromatic nitrogens is 2. The number of fused-ring (bicyclic) bond motifs is 2. The second kappa shape index (κ2) is 6.77. The van der Waals surface area contributed by atoms with Crippen LogP contribution < -0.4 is 10.2 Å². The highest BCUT2D eigenvalue weighted by molar-refractivity contribution is 6.31. The zero-order valence-corrected chi connectivity index (χ0v) is 14.8. The molecule has 0 unspecified atom stereocenters. The molecule has 1 amide bonds. The number of benzene rings is 2. The molecule has 0 atom stereocenters. The Labute approximate surface area is 156 Å². The van der Waals surface area contributed by atoms with Crippen molar-refractivity contribution in [3.05, 3.63) is 66.0 Å².